The van der Waals surface area contributed by atoms with Crippen LogP contribution in [0, 0.1) is 5.82 Å². The van der Waals surface area contributed by atoms with Gasteiger partial charge in [0.25, 0.3) is 0 Å². The number of piperidine rings is 1. The monoisotopic (exact) mass is 456 g/mol. The topological polar surface area (TPSA) is 74.4 Å². The fourth-order valence-corrected chi connectivity index (χ4v) is 4.39. The van der Waals surface area contributed by atoms with Crippen molar-refractivity contribution in [3.8, 4) is 11.5 Å². The number of rotatable bonds is 6. The van der Waals surface area contributed by atoms with Crippen LogP contribution < -0.4 is 14.8 Å². The Morgan fingerprint density at radius 3 is 2.36 bits per heavy atom. The maximum atomic E-state index is 13.1. The molecule has 0 radical (unpaired) electrons. The lowest BCUT2D eigenvalue weighted by Gasteiger charge is -2.36. The van der Waals surface area contributed by atoms with Crippen LogP contribution in [0.1, 0.15) is 18.4 Å². The Bertz CT molecular complexity index is 992. The Kier molecular flexibility index (Phi) is 6.86. The van der Waals surface area contributed by atoms with E-state index in [4.69, 9.17) is 9.47 Å². The van der Waals surface area contributed by atoms with E-state index in [-0.39, 0.29) is 23.9 Å². The van der Waals surface area contributed by atoms with Crippen molar-refractivity contribution in [2.45, 2.75) is 25.4 Å². The fourth-order valence-electron chi connectivity index (χ4n) is 4.39. The van der Waals surface area contributed by atoms with Gasteiger partial charge in [-0.3, -0.25) is 0 Å². The Morgan fingerprint density at radius 2 is 1.70 bits per heavy atom. The molecule has 33 heavy (non-hydrogen) atoms. The molecule has 2 saturated heterocycles. The van der Waals surface area contributed by atoms with Gasteiger partial charge in [-0.2, -0.15) is 0 Å². The number of benzene rings is 2. The molecule has 1 N–H and O–H groups in total. The highest BCUT2D eigenvalue weighted by Gasteiger charge is 2.36. The number of nitrogens with zero attached hydrogens (tertiary/aromatic N) is 3. The van der Waals surface area contributed by atoms with Crippen molar-refractivity contribution < 1.29 is 23.5 Å². The van der Waals surface area contributed by atoms with E-state index >= 15 is 0 Å². The molecule has 176 valence electrons. The highest BCUT2D eigenvalue weighted by Crippen LogP contribution is 2.30. The standard InChI is InChI=1S/C24H29FN4O4/c1-32-21-8-7-19(15-22(21)33-2)26-23(30)27-11-9-20(10-12-27)29-14-13-28(24(29)31)16-17-3-5-18(25)6-4-17/h3-8,15,20H,9-14,16H2,1-2H3,(H,26,30). The second kappa shape index (κ2) is 9.97. The van der Waals surface area contributed by atoms with Crippen LogP contribution in [0.15, 0.2) is 42.5 Å². The van der Waals surface area contributed by atoms with Crippen LogP contribution in [-0.4, -0.2) is 73.2 Å². The number of carbonyl (C=O) groups is 2. The molecule has 8 nitrogen and oxygen atoms in total. The summed E-state index contributed by atoms with van der Waals surface area (Å²) in [5.74, 6) is 0.863. The Labute approximate surface area is 192 Å². The number of ether oxygens (including phenoxy) is 2. The van der Waals surface area contributed by atoms with Crippen LogP contribution in [0.5, 0.6) is 11.5 Å². The number of carbonyl (C=O) groups excluding carboxylic acids is 2. The van der Waals surface area contributed by atoms with Gasteiger partial charge < -0.3 is 29.5 Å². The molecule has 9 heteroatoms. The van der Waals surface area contributed by atoms with Gasteiger partial charge in [0.1, 0.15) is 5.82 Å². The Balaban J connectivity index is 1.28. The summed E-state index contributed by atoms with van der Waals surface area (Å²) in [6, 6.07) is 11.4. The van der Waals surface area contributed by atoms with Gasteiger partial charge >= 0.3 is 12.1 Å². The molecule has 4 rings (SSSR count). The lowest BCUT2D eigenvalue weighted by atomic mass is 10.0. The van der Waals surface area contributed by atoms with E-state index in [9.17, 15) is 14.0 Å². The van der Waals surface area contributed by atoms with Gasteiger partial charge in [0.05, 0.1) is 14.2 Å². The van der Waals surface area contributed by atoms with Crippen LogP contribution in [-0.2, 0) is 6.54 Å². The predicted molar refractivity (Wildman–Crippen MR) is 122 cm³/mol. The van der Waals surface area contributed by atoms with Gasteiger partial charge in [0.2, 0.25) is 0 Å². The number of anilines is 1. The predicted octanol–water partition coefficient (Wildman–Crippen LogP) is 3.78. The summed E-state index contributed by atoms with van der Waals surface area (Å²) in [6.45, 7) is 2.94. The first-order chi connectivity index (χ1) is 16.0. The van der Waals surface area contributed by atoms with Crippen LogP contribution in [0.3, 0.4) is 0 Å². The minimum atomic E-state index is -0.282. The summed E-state index contributed by atoms with van der Waals surface area (Å²) < 4.78 is 23.6. The number of likely N-dealkylation sites (tertiary alicyclic amines) is 1. The first-order valence-electron chi connectivity index (χ1n) is 11.1. The molecule has 0 saturated carbocycles. The molecule has 2 aromatic carbocycles. The zero-order valence-electron chi connectivity index (χ0n) is 18.9. The van der Waals surface area contributed by atoms with Crippen LogP contribution in [0.4, 0.5) is 19.7 Å². The summed E-state index contributed by atoms with van der Waals surface area (Å²) in [5, 5.41) is 2.91. The van der Waals surface area contributed by atoms with Crippen LogP contribution in [0.2, 0.25) is 0 Å². The molecule has 2 aliphatic rings. The third-order valence-corrected chi connectivity index (χ3v) is 6.24. The minimum absolute atomic E-state index is 0.00699. The molecule has 2 aliphatic heterocycles. The van der Waals surface area contributed by atoms with Crippen LogP contribution >= 0.6 is 0 Å². The molecule has 2 heterocycles. The summed E-state index contributed by atoms with van der Waals surface area (Å²) >= 11 is 0. The second-order valence-corrected chi connectivity index (χ2v) is 8.24. The molecule has 2 aromatic rings. The first-order valence-corrected chi connectivity index (χ1v) is 11.1. The SMILES string of the molecule is COc1ccc(NC(=O)N2CCC(N3CCN(Cc4ccc(F)cc4)C3=O)CC2)cc1OC. The van der Waals surface area contributed by atoms with E-state index in [1.165, 1.54) is 12.1 Å². The van der Waals surface area contributed by atoms with E-state index in [2.05, 4.69) is 5.32 Å². The number of hydrogen-bond donors (Lipinski definition) is 1. The zero-order valence-corrected chi connectivity index (χ0v) is 18.9. The first kappa shape index (κ1) is 22.7. The van der Waals surface area contributed by atoms with Gasteiger partial charge in [0, 0.05) is 50.5 Å². The van der Waals surface area contributed by atoms with E-state index in [1.54, 1.807) is 54.4 Å². The molecule has 0 atom stereocenters. The molecule has 4 amide bonds. The van der Waals surface area contributed by atoms with Crippen molar-refractivity contribution in [1.29, 1.82) is 0 Å². The zero-order chi connectivity index (χ0) is 23.4. The molecular weight excluding hydrogens is 427 g/mol. The molecular formula is C24H29FN4O4. The van der Waals surface area contributed by atoms with E-state index in [0.717, 1.165) is 18.4 Å². The molecule has 2 fully saturated rings. The van der Waals surface area contributed by atoms with Crippen LogP contribution in [0.25, 0.3) is 0 Å². The van der Waals surface area contributed by atoms with Gasteiger partial charge in [-0.05, 0) is 42.7 Å². The van der Waals surface area contributed by atoms with E-state index in [0.29, 0.717) is 49.9 Å². The van der Waals surface area contributed by atoms with Crippen molar-refractivity contribution in [2.75, 3.05) is 45.7 Å². The smallest absolute Gasteiger partial charge is 0.321 e. The number of methoxy groups -OCH3 is 2. The number of halogens is 1. The van der Waals surface area contributed by atoms with Crippen molar-refractivity contribution in [3.05, 3.63) is 53.8 Å². The number of amides is 4. The molecule has 0 unspecified atom stereocenters. The third-order valence-electron chi connectivity index (χ3n) is 6.24. The Hall–Kier alpha value is -3.49. The van der Waals surface area contributed by atoms with Crippen molar-refractivity contribution >= 4 is 17.7 Å². The molecule has 0 spiro atoms. The molecule has 0 aromatic heterocycles. The van der Waals surface area contributed by atoms with Gasteiger partial charge in [-0.1, -0.05) is 12.1 Å². The van der Waals surface area contributed by atoms with Crippen molar-refractivity contribution in [1.82, 2.24) is 14.7 Å². The van der Waals surface area contributed by atoms with Gasteiger partial charge in [0.15, 0.2) is 11.5 Å². The number of urea groups is 2. The van der Waals surface area contributed by atoms with E-state index in [1.807, 2.05) is 4.90 Å². The molecule has 0 bridgehead atoms. The third kappa shape index (κ3) is 5.13. The summed E-state index contributed by atoms with van der Waals surface area (Å²) in [4.78, 5) is 31.1. The highest BCUT2D eigenvalue weighted by molar-refractivity contribution is 5.89. The Morgan fingerprint density at radius 1 is 1.00 bits per heavy atom. The average molecular weight is 457 g/mol. The maximum absolute atomic E-state index is 13.1. The van der Waals surface area contributed by atoms with Gasteiger partial charge in [-0.25, -0.2) is 14.0 Å². The maximum Gasteiger partial charge on any atom is 0.321 e. The largest absolute Gasteiger partial charge is 0.493 e. The van der Waals surface area contributed by atoms with Crippen molar-refractivity contribution in [3.63, 3.8) is 0 Å². The summed E-state index contributed by atoms with van der Waals surface area (Å²) in [5.41, 5.74) is 1.54. The fraction of sp³-hybridized carbons (Fsp3) is 0.417. The van der Waals surface area contributed by atoms with Gasteiger partial charge in [-0.15, -0.1) is 0 Å². The lowest BCUT2D eigenvalue weighted by Crippen LogP contribution is -2.49. The average Bonchev–Trinajstić information content (AvgIpc) is 3.20. The second-order valence-electron chi connectivity index (χ2n) is 8.24. The normalized spacial score (nSPS) is 16.8. The lowest BCUT2D eigenvalue weighted by molar-refractivity contribution is 0.139. The summed E-state index contributed by atoms with van der Waals surface area (Å²) in [7, 11) is 3.11. The molecule has 0 aliphatic carbocycles. The summed E-state index contributed by atoms with van der Waals surface area (Å²) in [6.07, 6.45) is 1.46. The quantitative estimate of drug-likeness (QED) is 0.718. The highest BCUT2D eigenvalue weighted by atomic mass is 19.1. The van der Waals surface area contributed by atoms with Crippen molar-refractivity contribution in [2.24, 2.45) is 0 Å². The van der Waals surface area contributed by atoms with E-state index < -0.39 is 0 Å². The number of hydrogen-bond acceptors (Lipinski definition) is 4. The number of nitrogens with one attached hydrogen (secondary N) is 1. The minimum Gasteiger partial charge on any atom is -0.493 e.